The Hall–Kier alpha value is -1.83. The first-order valence-corrected chi connectivity index (χ1v) is 12.0. The van der Waals surface area contributed by atoms with Gasteiger partial charge in [0.2, 0.25) is 5.78 Å². The SMILES string of the molecule is CC(=O)OCC(=O)[C@]12OC(C)(C)O[C@H]1C[C@H]1[C@@H]3CCC4=CC(=O)C=C[C@]4(C)[C@H]3[C@@H](O)C[C@@]12C. The zero-order valence-corrected chi connectivity index (χ0v) is 20.1. The Labute approximate surface area is 194 Å². The molecule has 1 heterocycles. The second kappa shape index (κ2) is 7.09. The van der Waals surface area contributed by atoms with Crippen molar-refractivity contribution in [3.8, 4) is 0 Å². The Bertz CT molecular complexity index is 979. The van der Waals surface area contributed by atoms with Gasteiger partial charge in [0.1, 0.15) is 0 Å². The highest BCUT2D eigenvalue weighted by atomic mass is 16.8. The molecule has 7 heteroatoms. The Kier molecular flexibility index (Phi) is 4.93. The summed E-state index contributed by atoms with van der Waals surface area (Å²) >= 11 is 0. The van der Waals surface area contributed by atoms with Crippen LogP contribution in [0.2, 0.25) is 0 Å². The molecular formula is C26H34O7. The van der Waals surface area contributed by atoms with Crippen molar-refractivity contribution in [2.45, 2.75) is 83.9 Å². The minimum Gasteiger partial charge on any atom is -0.458 e. The summed E-state index contributed by atoms with van der Waals surface area (Å²) in [5.74, 6) is -1.56. The van der Waals surface area contributed by atoms with E-state index in [1.54, 1.807) is 26.0 Å². The molecule has 4 fully saturated rings. The first-order chi connectivity index (χ1) is 15.3. The number of aliphatic hydroxyl groups excluding tert-OH is 1. The summed E-state index contributed by atoms with van der Waals surface area (Å²) < 4.78 is 17.9. The summed E-state index contributed by atoms with van der Waals surface area (Å²) in [6.45, 7) is 8.68. The monoisotopic (exact) mass is 458 g/mol. The summed E-state index contributed by atoms with van der Waals surface area (Å²) in [4.78, 5) is 37.1. The molecule has 0 amide bonds. The fourth-order valence-electron chi connectivity index (χ4n) is 8.20. The van der Waals surface area contributed by atoms with Crippen LogP contribution in [-0.2, 0) is 28.6 Å². The van der Waals surface area contributed by atoms with Crippen molar-refractivity contribution in [1.29, 1.82) is 0 Å². The molecule has 1 N–H and O–H groups in total. The topological polar surface area (TPSA) is 99.1 Å². The third-order valence-corrected chi connectivity index (χ3v) is 9.31. The minimum absolute atomic E-state index is 0.00510. The van der Waals surface area contributed by atoms with Crippen molar-refractivity contribution in [1.82, 2.24) is 0 Å². The largest absolute Gasteiger partial charge is 0.458 e. The van der Waals surface area contributed by atoms with Crippen molar-refractivity contribution < 1.29 is 33.7 Å². The van der Waals surface area contributed by atoms with Gasteiger partial charge in [-0.2, -0.15) is 0 Å². The lowest BCUT2D eigenvalue weighted by atomic mass is 9.46. The van der Waals surface area contributed by atoms with Crippen LogP contribution in [0.3, 0.4) is 0 Å². The molecule has 4 aliphatic carbocycles. The van der Waals surface area contributed by atoms with Crippen molar-refractivity contribution in [3.63, 3.8) is 0 Å². The van der Waals surface area contributed by atoms with Crippen molar-refractivity contribution in [2.24, 2.45) is 28.6 Å². The van der Waals surface area contributed by atoms with E-state index in [4.69, 9.17) is 14.2 Å². The van der Waals surface area contributed by atoms with Crippen molar-refractivity contribution in [2.75, 3.05) is 6.61 Å². The zero-order valence-electron chi connectivity index (χ0n) is 20.1. The van der Waals surface area contributed by atoms with Gasteiger partial charge in [-0.1, -0.05) is 25.5 Å². The molecule has 0 bridgehead atoms. The molecule has 5 aliphatic rings. The van der Waals surface area contributed by atoms with Crippen molar-refractivity contribution >= 4 is 17.5 Å². The molecule has 0 aromatic carbocycles. The predicted molar refractivity (Wildman–Crippen MR) is 118 cm³/mol. The van der Waals surface area contributed by atoms with E-state index < -0.39 is 35.0 Å². The van der Waals surface area contributed by atoms with E-state index in [0.29, 0.717) is 12.8 Å². The first-order valence-electron chi connectivity index (χ1n) is 12.0. The number of carbonyl (C=O) groups is 3. The Morgan fingerprint density at radius 3 is 2.67 bits per heavy atom. The second-order valence-electron chi connectivity index (χ2n) is 11.5. The fraction of sp³-hybridized carbons (Fsp3) is 0.731. The van der Waals surface area contributed by atoms with Gasteiger partial charge in [-0.15, -0.1) is 0 Å². The number of carbonyl (C=O) groups excluding carboxylic acids is 3. The number of ether oxygens (including phenoxy) is 3. The highest BCUT2D eigenvalue weighted by Crippen LogP contribution is 2.70. The maximum atomic E-state index is 13.7. The number of rotatable bonds is 3. The number of aliphatic hydroxyl groups is 1. The molecule has 5 rings (SSSR count). The molecule has 0 radical (unpaired) electrons. The maximum Gasteiger partial charge on any atom is 0.303 e. The quantitative estimate of drug-likeness (QED) is 0.649. The molecule has 1 aliphatic heterocycles. The van der Waals surface area contributed by atoms with E-state index in [9.17, 15) is 19.5 Å². The average Bonchev–Trinajstić information content (AvgIpc) is 3.12. The summed E-state index contributed by atoms with van der Waals surface area (Å²) in [5.41, 5.74) is -1.25. The van der Waals surface area contributed by atoms with Gasteiger partial charge >= 0.3 is 5.97 Å². The molecular weight excluding hydrogens is 424 g/mol. The highest BCUT2D eigenvalue weighted by Gasteiger charge is 2.76. The lowest BCUT2D eigenvalue weighted by Crippen LogP contribution is -2.64. The molecule has 8 atom stereocenters. The van der Waals surface area contributed by atoms with Crippen LogP contribution in [0.1, 0.15) is 60.3 Å². The van der Waals surface area contributed by atoms with Gasteiger partial charge in [-0.25, -0.2) is 0 Å². The number of ketones is 2. The van der Waals surface area contributed by atoms with E-state index in [1.165, 1.54) is 6.92 Å². The van der Waals surface area contributed by atoms with Crippen LogP contribution >= 0.6 is 0 Å². The van der Waals surface area contributed by atoms with Gasteiger partial charge in [0, 0.05) is 23.7 Å². The molecule has 0 unspecified atom stereocenters. The average molecular weight is 459 g/mol. The molecule has 0 aromatic rings. The van der Waals surface area contributed by atoms with Gasteiger partial charge in [-0.3, -0.25) is 14.4 Å². The summed E-state index contributed by atoms with van der Waals surface area (Å²) in [6.07, 6.45) is 6.85. The number of Topliss-reactive ketones (excluding diaryl/α,β-unsaturated/α-hetero) is 1. The molecule has 33 heavy (non-hydrogen) atoms. The van der Waals surface area contributed by atoms with E-state index >= 15 is 0 Å². The zero-order chi connectivity index (χ0) is 24.0. The van der Waals surface area contributed by atoms with Crippen LogP contribution in [0.5, 0.6) is 0 Å². The van der Waals surface area contributed by atoms with Crippen LogP contribution in [0.15, 0.2) is 23.8 Å². The lowest BCUT2D eigenvalue weighted by molar-refractivity contribution is -0.225. The Balaban J connectivity index is 1.56. The number of hydrogen-bond donors (Lipinski definition) is 1. The maximum absolute atomic E-state index is 13.7. The van der Waals surface area contributed by atoms with Crippen molar-refractivity contribution in [3.05, 3.63) is 23.8 Å². The molecule has 0 aromatic heterocycles. The minimum atomic E-state index is -1.28. The van der Waals surface area contributed by atoms with E-state index in [0.717, 1.165) is 18.4 Å². The molecule has 3 saturated carbocycles. The third-order valence-electron chi connectivity index (χ3n) is 9.31. The second-order valence-corrected chi connectivity index (χ2v) is 11.5. The normalized spacial score (nSPS) is 47.2. The smallest absolute Gasteiger partial charge is 0.303 e. The number of hydrogen-bond acceptors (Lipinski definition) is 7. The molecule has 7 nitrogen and oxygen atoms in total. The number of esters is 1. The van der Waals surface area contributed by atoms with E-state index in [1.807, 2.05) is 13.0 Å². The number of fused-ring (bicyclic) bond motifs is 7. The highest BCUT2D eigenvalue weighted by molar-refractivity contribution is 6.01. The summed E-state index contributed by atoms with van der Waals surface area (Å²) in [6, 6.07) is 0. The Morgan fingerprint density at radius 1 is 1.24 bits per heavy atom. The van der Waals surface area contributed by atoms with Gasteiger partial charge in [-0.05, 0) is 63.5 Å². The predicted octanol–water partition coefficient (Wildman–Crippen LogP) is 2.90. The molecule has 0 spiro atoms. The standard InChI is InChI=1S/C26H34O7/c1-14(27)31-13-20(30)26-21(32-23(2,3)33-26)11-18-17-7-6-15-10-16(28)8-9-24(15,4)22(17)19(29)12-25(18,26)5/h8-10,17-19,21-22,29H,6-7,11-13H2,1-5H3/t17-,18-,19-,21-,22+,24-,25-,26-/m0/s1. The van der Waals surface area contributed by atoms with Crippen LogP contribution in [0.25, 0.3) is 0 Å². The van der Waals surface area contributed by atoms with Gasteiger partial charge < -0.3 is 19.3 Å². The van der Waals surface area contributed by atoms with Gasteiger partial charge in [0.05, 0.1) is 12.2 Å². The van der Waals surface area contributed by atoms with E-state index in [-0.39, 0.29) is 41.3 Å². The summed E-state index contributed by atoms with van der Waals surface area (Å²) in [5, 5.41) is 11.6. The molecule has 180 valence electrons. The molecule has 1 saturated heterocycles. The van der Waals surface area contributed by atoms with Gasteiger partial charge in [0.25, 0.3) is 0 Å². The fourth-order valence-corrected chi connectivity index (χ4v) is 8.20. The Morgan fingerprint density at radius 2 is 1.97 bits per heavy atom. The first kappa shape index (κ1) is 22.9. The van der Waals surface area contributed by atoms with Gasteiger partial charge in [0.15, 0.2) is 23.8 Å². The lowest BCUT2D eigenvalue weighted by Gasteiger charge is -2.59. The van der Waals surface area contributed by atoms with Crippen LogP contribution in [0, 0.1) is 28.6 Å². The number of allylic oxidation sites excluding steroid dienone is 4. The van der Waals surface area contributed by atoms with Crippen LogP contribution in [0.4, 0.5) is 0 Å². The third kappa shape index (κ3) is 3.01. The van der Waals surface area contributed by atoms with E-state index in [2.05, 4.69) is 6.92 Å². The van der Waals surface area contributed by atoms with Crippen LogP contribution in [-0.4, -0.2) is 52.8 Å². The van der Waals surface area contributed by atoms with Crippen LogP contribution < -0.4 is 0 Å². The summed E-state index contributed by atoms with van der Waals surface area (Å²) in [7, 11) is 0.